The Balaban J connectivity index is 1.35. The van der Waals surface area contributed by atoms with E-state index < -0.39 is 6.10 Å². The van der Waals surface area contributed by atoms with E-state index in [1.165, 1.54) is 31.5 Å². The van der Waals surface area contributed by atoms with Crippen molar-refractivity contribution in [1.29, 1.82) is 0 Å². The van der Waals surface area contributed by atoms with Crippen molar-refractivity contribution in [2.45, 2.75) is 45.4 Å². The van der Waals surface area contributed by atoms with E-state index in [1.54, 1.807) is 4.90 Å². The van der Waals surface area contributed by atoms with Gasteiger partial charge >= 0.3 is 0 Å². The predicted octanol–water partition coefficient (Wildman–Crippen LogP) is 0.854. The van der Waals surface area contributed by atoms with Gasteiger partial charge in [-0.2, -0.15) is 0 Å². The van der Waals surface area contributed by atoms with Crippen LogP contribution >= 0.6 is 0 Å². The second-order valence-corrected chi connectivity index (χ2v) is 7.91. The molecule has 146 valence electrons. The molecule has 1 fully saturated rings. The van der Waals surface area contributed by atoms with Gasteiger partial charge in [0.15, 0.2) is 0 Å². The van der Waals surface area contributed by atoms with Gasteiger partial charge in [0, 0.05) is 18.4 Å². The summed E-state index contributed by atoms with van der Waals surface area (Å²) in [7, 11) is 0. The van der Waals surface area contributed by atoms with Crippen molar-refractivity contribution in [3.8, 4) is 5.75 Å². The number of rotatable bonds is 8. The van der Waals surface area contributed by atoms with Gasteiger partial charge in [-0.1, -0.05) is 48.5 Å². The maximum Gasteiger partial charge on any atom is 0.137 e. The molecule has 1 aliphatic heterocycles. The number of aliphatic hydroxyl groups excluding tert-OH is 1. The second kappa shape index (κ2) is 9.88. The van der Waals surface area contributed by atoms with Gasteiger partial charge in [-0.05, 0) is 25.0 Å². The minimum atomic E-state index is -0.432. The number of aliphatic hydroxyl groups is 1. The molecule has 27 heavy (non-hydrogen) atoms. The number of nitrogens with two attached hydrogens (primary N) is 1. The van der Waals surface area contributed by atoms with E-state index in [0.717, 1.165) is 23.4 Å². The quantitative estimate of drug-likeness (QED) is 0.645. The zero-order valence-corrected chi connectivity index (χ0v) is 16.7. The number of benzene rings is 2. The molecule has 4 heteroatoms. The first-order chi connectivity index (χ1) is 13.1. The molecule has 1 saturated heterocycles. The first-order valence-electron chi connectivity index (χ1n) is 10.2. The van der Waals surface area contributed by atoms with Crippen LogP contribution in [0.2, 0.25) is 0 Å². The number of ether oxygens (including phenoxy) is 1. The van der Waals surface area contributed by atoms with Gasteiger partial charge in [0.05, 0.1) is 19.1 Å². The SMILES string of the molecule is Cc1cccc(C)c1OC[C@H](O)C[NH2+]C1CC[NH+](Cc2ccccc2)CC1. The summed E-state index contributed by atoms with van der Waals surface area (Å²) >= 11 is 0. The topological polar surface area (TPSA) is 50.5 Å². The fraction of sp³-hybridized carbons (Fsp3) is 0.478. The predicted molar refractivity (Wildman–Crippen MR) is 108 cm³/mol. The average molecular weight is 371 g/mol. The second-order valence-electron chi connectivity index (χ2n) is 7.91. The van der Waals surface area contributed by atoms with E-state index in [4.69, 9.17) is 4.74 Å². The Morgan fingerprint density at radius 2 is 1.70 bits per heavy atom. The van der Waals surface area contributed by atoms with Gasteiger partial charge in [0.25, 0.3) is 0 Å². The molecule has 0 amide bonds. The summed E-state index contributed by atoms with van der Waals surface area (Å²) < 4.78 is 5.88. The lowest BCUT2D eigenvalue weighted by atomic mass is 10.0. The standard InChI is InChI=1S/C23H32N2O2/c1-18-7-6-8-19(2)23(18)27-17-22(26)15-24-21-11-13-25(14-12-21)16-20-9-4-3-5-10-20/h3-10,21-22,24,26H,11-17H2,1-2H3/p+2/t22-/m1/s1. The molecular weight excluding hydrogens is 336 g/mol. The van der Waals surface area contributed by atoms with Gasteiger partial charge in [-0.3, -0.25) is 0 Å². The first-order valence-corrected chi connectivity index (χ1v) is 10.2. The Hall–Kier alpha value is -1.88. The molecule has 0 spiro atoms. The molecule has 2 aromatic rings. The lowest BCUT2D eigenvalue weighted by Gasteiger charge is -2.28. The van der Waals surface area contributed by atoms with E-state index in [9.17, 15) is 5.11 Å². The maximum atomic E-state index is 10.3. The van der Waals surface area contributed by atoms with E-state index in [2.05, 4.69) is 35.6 Å². The van der Waals surface area contributed by atoms with Gasteiger partial charge in [0.2, 0.25) is 0 Å². The van der Waals surface area contributed by atoms with E-state index in [0.29, 0.717) is 19.2 Å². The molecule has 3 rings (SSSR count). The van der Waals surface area contributed by atoms with Crippen molar-refractivity contribution in [2.24, 2.45) is 0 Å². The monoisotopic (exact) mass is 370 g/mol. The molecule has 0 unspecified atom stereocenters. The van der Waals surface area contributed by atoms with Crippen LogP contribution in [0.1, 0.15) is 29.5 Å². The minimum Gasteiger partial charge on any atom is -0.490 e. The minimum absolute atomic E-state index is 0.361. The summed E-state index contributed by atoms with van der Waals surface area (Å²) in [4.78, 5) is 1.67. The van der Waals surface area contributed by atoms with Gasteiger partial charge < -0.3 is 20.1 Å². The molecule has 1 heterocycles. The van der Waals surface area contributed by atoms with Crippen molar-refractivity contribution in [3.63, 3.8) is 0 Å². The highest BCUT2D eigenvalue weighted by molar-refractivity contribution is 5.39. The molecule has 0 aliphatic carbocycles. The Kier molecular flexibility index (Phi) is 7.27. The van der Waals surface area contributed by atoms with Crippen molar-refractivity contribution >= 4 is 0 Å². The summed E-state index contributed by atoms with van der Waals surface area (Å²) in [6.45, 7) is 8.72. The number of para-hydroxylation sites is 1. The Morgan fingerprint density at radius 1 is 1.04 bits per heavy atom. The molecular formula is C23H34N2O2+2. The largest absolute Gasteiger partial charge is 0.490 e. The Morgan fingerprint density at radius 3 is 2.37 bits per heavy atom. The van der Waals surface area contributed by atoms with Crippen LogP contribution in [0.15, 0.2) is 48.5 Å². The number of quaternary nitrogens is 2. The van der Waals surface area contributed by atoms with Crippen LogP contribution < -0.4 is 15.0 Å². The zero-order valence-electron chi connectivity index (χ0n) is 16.7. The molecule has 0 radical (unpaired) electrons. The van der Waals surface area contributed by atoms with Crippen LogP contribution in [0.3, 0.4) is 0 Å². The summed E-state index contributed by atoms with van der Waals surface area (Å²) in [5.41, 5.74) is 3.67. The molecule has 1 aliphatic rings. The number of hydrogen-bond donors (Lipinski definition) is 3. The molecule has 0 aromatic heterocycles. The van der Waals surface area contributed by atoms with Gasteiger partial charge in [-0.15, -0.1) is 0 Å². The maximum absolute atomic E-state index is 10.3. The van der Waals surface area contributed by atoms with E-state index in [-0.39, 0.29) is 0 Å². The highest BCUT2D eigenvalue weighted by atomic mass is 16.5. The average Bonchev–Trinajstić information content (AvgIpc) is 2.68. The van der Waals surface area contributed by atoms with Crippen LogP contribution in [-0.2, 0) is 6.54 Å². The Bertz CT molecular complexity index is 677. The molecule has 2 aromatic carbocycles. The fourth-order valence-corrected chi connectivity index (χ4v) is 3.97. The normalized spacial score (nSPS) is 21.0. The van der Waals surface area contributed by atoms with E-state index >= 15 is 0 Å². The highest BCUT2D eigenvalue weighted by Crippen LogP contribution is 2.22. The highest BCUT2D eigenvalue weighted by Gasteiger charge is 2.25. The van der Waals surface area contributed by atoms with Crippen LogP contribution in [0.25, 0.3) is 0 Å². The molecule has 0 saturated carbocycles. The molecule has 1 atom stereocenters. The van der Waals surface area contributed by atoms with Crippen molar-refractivity contribution in [2.75, 3.05) is 26.2 Å². The third-order valence-electron chi connectivity index (χ3n) is 5.60. The van der Waals surface area contributed by atoms with Crippen molar-refractivity contribution in [1.82, 2.24) is 0 Å². The van der Waals surface area contributed by atoms with Crippen molar-refractivity contribution < 1.29 is 20.1 Å². The zero-order chi connectivity index (χ0) is 19.1. The number of hydrogen-bond acceptors (Lipinski definition) is 2. The third-order valence-corrected chi connectivity index (χ3v) is 5.60. The van der Waals surface area contributed by atoms with Crippen molar-refractivity contribution in [3.05, 3.63) is 65.2 Å². The molecule has 4 nitrogen and oxygen atoms in total. The van der Waals surface area contributed by atoms with E-state index in [1.807, 2.05) is 32.0 Å². The Labute approximate surface area is 163 Å². The lowest BCUT2D eigenvalue weighted by Crippen LogP contribution is -3.13. The van der Waals surface area contributed by atoms with Crippen LogP contribution in [-0.4, -0.2) is 43.5 Å². The fourth-order valence-electron chi connectivity index (χ4n) is 3.97. The number of nitrogens with one attached hydrogen (secondary N) is 1. The lowest BCUT2D eigenvalue weighted by molar-refractivity contribution is -0.926. The summed E-state index contributed by atoms with van der Waals surface area (Å²) in [6, 6.07) is 17.5. The van der Waals surface area contributed by atoms with Gasteiger partial charge in [0.1, 0.15) is 31.5 Å². The summed E-state index contributed by atoms with van der Waals surface area (Å²) in [5.74, 6) is 0.911. The van der Waals surface area contributed by atoms with Crippen LogP contribution in [0.4, 0.5) is 0 Å². The van der Waals surface area contributed by atoms with Gasteiger partial charge in [-0.25, -0.2) is 0 Å². The van der Waals surface area contributed by atoms with Crippen LogP contribution in [0.5, 0.6) is 5.75 Å². The molecule has 4 N–H and O–H groups in total. The number of piperidine rings is 1. The molecule has 0 bridgehead atoms. The van der Waals surface area contributed by atoms with Crippen LogP contribution in [0, 0.1) is 13.8 Å². The number of likely N-dealkylation sites (tertiary alicyclic amines) is 1. The smallest absolute Gasteiger partial charge is 0.137 e. The summed E-state index contributed by atoms with van der Waals surface area (Å²) in [6.07, 6.45) is 2.00. The number of aryl methyl sites for hydroxylation is 2. The summed E-state index contributed by atoms with van der Waals surface area (Å²) in [5, 5.41) is 12.6. The first kappa shape index (κ1) is 19.9. The third kappa shape index (κ3) is 6.06.